The third-order valence-electron chi connectivity index (χ3n) is 6.41. The molecule has 2 aliphatic rings. The van der Waals surface area contributed by atoms with Crippen molar-refractivity contribution in [1.29, 1.82) is 0 Å². The summed E-state index contributed by atoms with van der Waals surface area (Å²) in [6.07, 6.45) is 3.54. The lowest BCUT2D eigenvalue weighted by atomic mass is 9.91. The summed E-state index contributed by atoms with van der Waals surface area (Å²) < 4.78 is 21.8. The molecule has 186 valence electrons. The van der Waals surface area contributed by atoms with Crippen LogP contribution in [0, 0.1) is 0 Å². The van der Waals surface area contributed by atoms with Crippen molar-refractivity contribution in [3.8, 4) is 22.6 Å². The molecule has 1 saturated heterocycles. The van der Waals surface area contributed by atoms with Gasteiger partial charge in [0.1, 0.15) is 6.61 Å². The summed E-state index contributed by atoms with van der Waals surface area (Å²) in [5.74, 6) is 1.51. The molecule has 1 aromatic heterocycles. The summed E-state index contributed by atoms with van der Waals surface area (Å²) in [6, 6.07) is 5.77. The van der Waals surface area contributed by atoms with Crippen LogP contribution in [0.2, 0.25) is 0 Å². The van der Waals surface area contributed by atoms with Gasteiger partial charge in [0.15, 0.2) is 11.5 Å². The highest BCUT2D eigenvalue weighted by Crippen LogP contribution is 2.42. The highest BCUT2D eigenvalue weighted by atomic mass is 35.5. The molecule has 0 bridgehead atoms. The van der Waals surface area contributed by atoms with E-state index in [4.69, 9.17) is 18.9 Å². The highest BCUT2D eigenvalue weighted by Gasteiger charge is 2.28. The lowest BCUT2D eigenvalue weighted by Crippen LogP contribution is -2.41. The molecule has 2 aromatic carbocycles. The number of esters is 1. The van der Waals surface area contributed by atoms with Crippen molar-refractivity contribution in [1.82, 2.24) is 14.9 Å². The van der Waals surface area contributed by atoms with Gasteiger partial charge in [-0.1, -0.05) is 0 Å². The molecule has 0 spiro atoms. The van der Waals surface area contributed by atoms with E-state index < -0.39 is 0 Å². The van der Waals surface area contributed by atoms with Crippen molar-refractivity contribution in [2.24, 2.45) is 0 Å². The molecule has 0 amide bonds. The first kappa shape index (κ1) is 25.0. The number of morpholine rings is 1. The molecule has 0 atom stereocenters. The van der Waals surface area contributed by atoms with Gasteiger partial charge in [0, 0.05) is 62.3 Å². The van der Waals surface area contributed by atoms with Gasteiger partial charge in [0.2, 0.25) is 5.95 Å². The predicted octanol–water partition coefficient (Wildman–Crippen LogP) is 3.17. The average molecular weight is 501 g/mol. The number of likely N-dealkylation sites (N-methyl/N-ethyl adjacent to an activating group) is 1. The Bertz CT molecular complexity index is 1210. The number of hydrogen-bond acceptors (Lipinski definition) is 9. The molecule has 9 nitrogen and oxygen atoms in total. The van der Waals surface area contributed by atoms with E-state index in [1.165, 1.54) is 0 Å². The van der Waals surface area contributed by atoms with Crippen LogP contribution >= 0.6 is 12.4 Å². The zero-order valence-electron chi connectivity index (χ0n) is 20.1. The van der Waals surface area contributed by atoms with E-state index in [2.05, 4.69) is 14.9 Å². The minimum atomic E-state index is -0.339. The van der Waals surface area contributed by atoms with Crippen LogP contribution in [-0.4, -0.2) is 81.5 Å². The molecule has 3 heterocycles. The molecule has 3 aromatic rings. The zero-order valence-corrected chi connectivity index (χ0v) is 20.9. The van der Waals surface area contributed by atoms with Crippen molar-refractivity contribution in [3.63, 3.8) is 0 Å². The monoisotopic (exact) mass is 500 g/mol. The van der Waals surface area contributed by atoms with Crippen LogP contribution < -0.4 is 14.4 Å². The maximum Gasteiger partial charge on any atom is 0.339 e. The molecule has 5 rings (SSSR count). The number of carbonyl (C=O) groups excluding carboxylic acids is 1. The zero-order chi connectivity index (χ0) is 23.7. The summed E-state index contributed by atoms with van der Waals surface area (Å²) in [7, 11) is 5.18. The van der Waals surface area contributed by atoms with Gasteiger partial charge in [-0.25, -0.2) is 14.8 Å². The number of carbonyl (C=O) groups is 1. The van der Waals surface area contributed by atoms with Crippen molar-refractivity contribution >= 4 is 35.1 Å². The number of methoxy groups -OCH3 is 2. The number of rotatable bonds is 7. The first-order chi connectivity index (χ1) is 16.6. The number of cyclic esters (lactones) is 1. The Morgan fingerprint density at radius 1 is 1.03 bits per heavy atom. The lowest BCUT2D eigenvalue weighted by molar-refractivity contribution is 0.0392. The van der Waals surface area contributed by atoms with E-state index in [1.807, 2.05) is 30.1 Å². The Morgan fingerprint density at radius 3 is 2.40 bits per heavy atom. The van der Waals surface area contributed by atoms with Gasteiger partial charge in [-0.05, 0) is 29.0 Å². The van der Waals surface area contributed by atoms with Crippen LogP contribution in [0.3, 0.4) is 0 Å². The van der Waals surface area contributed by atoms with E-state index in [9.17, 15) is 4.79 Å². The SMILES string of the molecule is COc1cc2cc3c(c(-c4cnc(N(C)CCN5CCOCC5)nc4)c2cc1OC)C(=O)OC3.Cl. The van der Waals surface area contributed by atoms with Gasteiger partial charge in [-0.2, -0.15) is 0 Å². The first-order valence-corrected chi connectivity index (χ1v) is 11.3. The van der Waals surface area contributed by atoms with Crippen molar-refractivity contribution < 1.29 is 23.7 Å². The largest absolute Gasteiger partial charge is 0.493 e. The van der Waals surface area contributed by atoms with E-state index in [-0.39, 0.29) is 25.0 Å². The molecule has 0 N–H and O–H groups in total. The van der Waals surface area contributed by atoms with Gasteiger partial charge in [0.05, 0.1) is 33.0 Å². The van der Waals surface area contributed by atoms with Gasteiger partial charge in [0.25, 0.3) is 0 Å². The standard InChI is InChI=1S/C25H28N4O5.ClH/c1-28(4-5-29-6-8-33-9-7-29)25-26-13-18(14-27-25)22-19-12-21(32-3)20(31-2)11-16(19)10-17-15-34-24(30)23(17)22;/h10-14H,4-9,15H2,1-3H3;1H. The van der Waals surface area contributed by atoms with Crippen LogP contribution in [0.1, 0.15) is 15.9 Å². The molecule has 35 heavy (non-hydrogen) atoms. The molecule has 0 aliphatic carbocycles. The van der Waals surface area contributed by atoms with E-state index in [0.717, 1.165) is 66.9 Å². The van der Waals surface area contributed by atoms with E-state index >= 15 is 0 Å². The van der Waals surface area contributed by atoms with Crippen molar-refractivity contribution in [2.45, 2.75) is 6.61 Å². The Labute approximate surface area is 210 Å². The molecule has 10 heteroatoms. The maximum atomic E-state index is 12.7. The maximum absolute atomic E-state index is 12.7. The minimum Gasteiger partial charge on any atom is -0.493 e. The average Bonchev–Trinajstić information content (AvgIpc) is 3.25. The van der Waals surface area contributed by atoms with Crippen LogP contribution in [-0.2, 0) is 16.1 Å². The van der Waals surface area contributed by atoms with Crippen LogP contribution in [0.5, 0.6) is 11.5 Å². The minimum absolute atomic E-state index is 0. The second-order valence-corrected chi connectivity index (χ2v) is 8.44. The smallest absolute Gasteiger partial charge is 0.339 e. The summed E-state index contributed by atoms with van der Waals surface area (Å²) in [5.41, 5.74) is 2.89. The molecule has 2 aliphatic heterocycles. The number of halogens is 1. The normalized spacial score (nSPS) is 15.3. The first-order valence-electron chi connectivity index (χ1n) is 11.3. The number of aromatic nitrogens is 2. The Hall–Kier alpha value is -3.14. The van der Waals surface area contributed by atoms with Gasteiger partial charge < -0.3 is 23.8 Å². The van der Waals surface area contributed by atoms with Gasteiger partial charge >= 0.3 is 5.97 Å². The quantitative estimate of drug-likeness (QED) is 0.454. The molecule has 0 unspecified atom stereocenters. The number of nitrogens with zero attached hydrogens (tertiary/aromatic N) is 4. The number of hydrogen-bond donors (Lipinski definition) is 0. The Morgan fingerprint density at radius 2 is 1.71 bits per heavy atom. The van der Waals surface area contributed by atoms with Gasteiger partial charge in [-0.3, -0.25) is 4.90 Å². The number of anilines is 1. The van der Waals surface area contributed by atoms with Crippen molar-refractivity contribution in [2.75, 3.05) is 65.6 Å². The fourth-order valence-electron chi connectivity index (χ4n) is 4.51. The number of fused-ring (bicyclic) bond motifs is 2. The van der Waals surface area contributed by atoms with E-state index in [0.29, 0.717) is 23.0 Å². The van der Waals surface area contributed by atoms with Gasteiger partial charge in [-0.15, -0.1) is 12.4 Å². The number of ether oxygens (including phenoxy) is 4. The number of benzene rings is 2. The predicted molar refractivity (Wildman–Crippen MR) is 135 cm³/mol. The molecular formula is C25H29ClN4O5. The Kier molecular flexibility index (Phi) is 7.59. The second-order valence-electron chi connectivity index (χ2n) is 8.44. The molecule has 0 saturated carbocycles. The summed E-state index contributed by atoms with van der Waals surface area (Å²) in [6.45, 7) is 5.44. The second kappa shape index (κ2) is 10.6. The molecule has 0 radical (unpaired) electrons. The fourth-order valence-corrected chi connectivity index (χ4v) is 4.51. The highest BCUT2D eigenvalue weighted by molar-refractivity contribution is 6.11. The summed E-state index contributed by atoms with van der Waals surface area (Å²) in [5, 5.41) is 1.78. The third-order valence-corrected chi connectivity index (χ3v) is 6.41. The van der Waals surface area contributed by atoms with Crippen LogP contribution in [0.4, 0.5) is 5.95 Å². The topological polar surface area (TPSA) is 86.3 Å². The Balaban J connectivity index is 0.00000289. The lowest BCUT2D eigenvalue weighted by Gasteiger charge is -2.28. The summed E-state index contributed by atoms with van der Waals surface area (Å²) >= 11 is 0. The van der Waals surface area contributed by atoms with Crippen LogP contribution in [0.15, 0.2) is 30.6 Å². The van der Waals surface area contributed by atoms with Crippen molar-refractivity contribution in [3.05, 3.63) is 41.7 Å². The molecule has 1 fully saturated rings. The van der Waals surface area contributed by atoms with Crippen LogP contribution in [0.25, 0.3) is 21.9 Å². The third kappa shape index (κ3) is 4.84. The van der Waals surface area contributed by atoms with E-state index in [1.54, 1.807) is 26.6 Å². The summed E-state index contributed by atoms with van der Waals surface area (Å²) in [4.78, 5) is 26.3. The fraction of sp³-hybridized carbons (Fsp3) is 0.400. The molecular weight excluding hydrogens is 472 g/mol.